The predicted molar refractivity (Wildman–Crippen MR) is 92.5 cm³/mol. The molecule has 0 atom stereocenters. The lowest BCUT2D eigenvalue weighted by Crippen LogP contribution is -2.26. The van der Waals surface area contributed by atoms with Gasteiger partial charge < -0.3 is 15.6 Å². The van der Waals surface area contributed by atoms with E-state index in [2.05, 4.69) is 5.10 Å². The first-order valence-electron chi connectivity index (χ1n) is 7.25. The van der Waals surface area contributed by atoms with Gasteiger partial charge in [-0.05, 0) is 19.1 Å². The molecule has 1 aromatic carbocycles. The molecule has 2 heterocycles. The molecule has 25 heavy (non-hydrogen) atoms. The van der Waals surface area contributed by atoms with Crippen LogP contribution in [0.4, 0.5) is 5.00 Å². The van der Waals surface area contributed by atoms with Crippen LogP contribution in [-0.4, -0.2) is 33.4 Å². The first-order valence-corrected chi connectivity index (χ1v) is 8.13. The number of rotatable bonds is 4. The Morgan fingerprint density at radius 1 is 1.36 bits per heavy atom. The van der Waals surface area contributed by atoms with Crippen LogP contribution in [0.1, 0.15) is 27.8 Å². The fourth-order valence-corrected chi connectivity index (χ4v) is 3.22. The van der Waals surface area contributed by atoms with Gasteiger partial charge in [0.15, 0.2) is 5.69 Å². The number of carbonyl (C=O) groups is 2. The Kier molecular flexibility index (Phi) is 4.24. The molecule has 0 radical (unpaired) electrons. The molecule has 0 unspecified atom stereocenters. The highest BCUT2D eigenvalue weighted by atomic mass is 32.1. The molecule has 0 aliphatic carbocycles. The zero-order valence-corrected chi connectivity index (χ0v) is 13.9. The third kappa shape index (κ3) is 2.74. The zero-order valence-electron chi connectivity index (χ0n) is 13.1. The maximum Gasteiger partial charge on any atom is 0.357 e. The Morgan fingerprint density at radius 3 is 2.76 bits per heavy atom. The van der Waals surface area contributed by atoms with Crippen LogP contribution < -0.4 is 11.3 Å². The van der Waals surface area contributed by atoms with E-state index in [0.29, 0.717) is 0 Å². The molecule has 2 aromatic heterocycles. The van der Waals surface area contributed by atoms with Crippen LogP contribution in [0.2, 0.25) is 0 Å². The van der Waals surface area contributed by atoms with Gasteiger partial charge in [-0.2, -0.15) is 9.78 Å². The summed E-state index contributed by atoms with van der Waals surface area (Å²) in [6.07, 6.45) is 0. The average molecular weight is 359 g/mol. The van der Waals surface area contributed by atoms with E-state index in [4.69, 9.17) is 10.5 Å². The summed E-state index contributed by atoms with van der Waals surface area (Å²) in [7, 11) is 0. The number of esters is 1. The zero-order chi connectivity index (χ0) is 18.1. The number of hydrogen-bond donors (Lipinski definition) is 2. The lowest BCUT2D eigenvalue weighted by molar-refractivity contribution is 0.0526. The third-order valence-corrected chi connectivity index (χ3v) is 4.32. The van der Waals surface area contributed by atoms with Gasteiger partial charge in [-0.25, -0.2) is 9.59 Å². The van der Waals surface area contributed by atoms with E-state index < -0.39 is 17.5 Å². The molecule has 3 N–H and O–H groups in total. The Labute approximate surface area is 145 Å². The first-order chi connectivity index (χ1) is 12.0. The van der Waals surface area contributed by atoms with Crippen molar-refractivity contribution < 1.29 is 19.4 Å². The second-order valence-corrected chi connectivity index (χ2v) is 5.91. The molecule has 128 valence electrons. The van der Waals surface area contributed by atoms with Gasteiger partial charge in [0.1, 0.15) is 0 Å². The van der Waals surface area contributed by atoms with Gasteiger partial charge in [0.05, 0.1) is 28.2 Å². The molecule has 8 nitrogen and oxygen atoms in total. The minimum absolute atomic E-state index is 0.0658. The topological polar surface area (TPSA) is 125 Å². The summed E-state index contributed by atoms with van der Waals surface area (Å²) in [4.78, 5) is 36.5. The van der Waals surface area contributed by atoms with Gasteiger partial charge in [-0.3, -0.25) is 4.79 Å². The van der Waals surface area contributed by atoms with Crippen LogP contribution in [-0.2, 0) is 4.74 Å². The summed E-state index contributed by atoms with van der Waals surface area (Å²) in [6, 6.07) is 6.17. The second kappa shape index (κ2) is 6.36. The maximum atomic E-state index is 12.8. The number of carbonyl (C=O) groups excluding carboxylic acids is 1. The van der Waals surface area contributed by atoms with Crippen LogP contribution in [0.15, 0.2) is 34.4 Å². The van der Waals surface area contributed by atoms with E-state index in [-0.39, 0.29) is 39.3 Å². The average Bonchev–Trinajstić information content (AvgIpc) is 2.97. The number of aromatic nitrogens is 2. The highest BCUT2D eigenvalue weighted by Crippen LogP contribution is 2.27. The molecule has 0 aliphatic rings. The normalized spacial score (nSPS) is 10.8. The largest absolute Gasteiger partial charge is 0.476 e. The van der Waals surface area contributed by atoms with Crippen LogP contribution >= 0.6 is 11.3 Å². The number of benzene rings is 1. The van der Waals surface area contributed by atoms with Crippen molar-refractivity contribution in [1.29, 1.82) is 0 Å². The standard InChI is InChI=1S/C16H13N3O5S/c1-2-24-16(23)8-5-3-4-6-10(8)19-14(20)11-9(7-25-13(11)17)12(18-19)15(21)22/h3-7H,2,17H2,1H3,(H,21,22). The predicted octanol–water partition coefficient (Wildman–Crippen LogP) is 1.90. The molecule has 3 aromatic rings. The molecule has 0 aliphatic heterocycles. The van der Waals surface area contributed by atoms with Crippen LogP contribution in [0.3, 0.4) is 0 Å². The monoisotopic (exact) mass is 359 g/mol. The highest BCUT2D eigenvalue weighted by Gasteiger charge is 2.22. The van der Waals surface area contributed by atoms with Gasteiger partial charge in [-0.15, -0.1) is 11.3 Å². The SMILES string of the molecule is CCOC(=O)c1ccccc1-n1nc(C(=O)O)c2csc(N)c2c1=O. The number of thiophene rings is 1. The molecule has 9 heteroatoms. The van der Waals surface area contributed by atoms with Crippen molar-refractivity contribution in [2.45, 2.75) is 6.92 Å². The van der Waals surface area contributed by atoms with E-state index in [1.165, 1.54) is 17.5 Å². The number of carboxylic acid groups (broad SMARTS) is 1. The van der Waals surface area contributed by atoms with Gasteiger partial charge in [0.25, 0.3) is 5.56 Å². The third-order valence-electron chi connectivity index (χ3n) is 3.51. The van der Waals surface area contributed by atoms with E-state index in [9.17, 15) is 19.5 Å². The fourth-order valence-electron chi connectivity index (χ4n) is 2.43. The molecular formula is C16H13N3O5S. The van der Waals surface area contributed by atoms with E-state index >= 15 is 0 Å². The Bertz CT molecular complexity index is 1050. The molecule has 0 saturated carbocycles. The van der Waals surface area contributed by atoms with E-state index in [1.807, 2.05) is 0 Å². The maximum absolute atomic E-state index is 12.8. The fraction of sp³-hybridized carbons (Fsp3) is 0.125. The minimum Gasteiger partial charge on any atom is -0.476 e. The second-order valence-electron chi connectivity index (χ2n) is 5.00. The number of carboxylic acids is 1. The first kappa shape index (κ1) is 16.7. The summed E-state index contributed by atoms with van der Waals surface area (Å²) >= 11 is 1.06. The lowest BCUT2D eigenvalue weighted by atomic mass is 10.1. The quantitative estimate of drug-likeness (QED) is 0.682. The smallest absolute Gasteiger partial charge is 0.357 e. The van der Waals surface area contributed by atoms with Gasteiger partial charge in [0.2, 0.25) is 0 Å². The van der Waals surface area contributed by atoms with Crippen molar-refractivity contribution >= 4 is 39.0 Å². The minimum atomic E-state index is -1.30. The summed E-state index contributed by atoms with van der Waals surface area (Å²) in [5, 5.41) is 15.2. The highest BCUT2D eigenvalue weighted by molar-refractivity contribution is 7.15. The summed E-state index contributed by atoms with van der Waals surface area (Å²) < 4.78 is 5.86. The van der Waals surface area contributed by atoms with Crippen molar-refractivity contribution in [3.63, 3.8) is 0 Å². The lowest BCUT2D eigenvalue weighted by Gasteiger charge is -2.11. The van der Waals surface area contributed by atoms with Crippen molar-refractivity contribution in [3.05, 3.63) is 51.3 Å². The van der Waals surface area contributed by atoms with Crippen molar-refractivity contribution in [2.24, 2.45) is 0 Å². The Balaban J connectivity index is 2.36. The number of hydrogen-bond acceptors (Lipinski definition) is 7. The number of para-hydroxylation sites is 1. The Hall–Kier alpha value is -3.20. The summed E-state index contributed by atoms with van der Waals surface area (Å²) in [6.45, 7) is 1.82. The number of fused-ring (bicyclic) bond motifs is 1. The Morgan fingerprint density at radius 2 is 2.08 bits per heavy atom. The molecule has 0 bridgehead atoms. The van der Waals surface area contributed by atoms with Crippen molar-refractivity contribution in [2.75, 3.05) is 12.3 Å². The van der Waals surface area contributed by atoms with Gasteiger partial charge in [-0.1, -0.05) is 12.1 Å². The number of nitrogens with two attached hydrogens (primary N) is 1. The molecule has 3 rings (SSSR count). The summed E-state index contributed by atoms with van der Waals surface area (Å²) in [5.74, 6) is -1.94. The van der Waals surface area contributed by atoms with Crippen LogP contribution in [0.25, 0.3) is 16.5 Å². The molecule has 0 spiro atoms. The van der Waals surface area contributed by atoms with Gasteiger partial charge in [0, 0.05) is 10.8 Å². The van der Waals surface area contributed by atoms with Gasteiger partial charge >= 0.3 is 11.9 Å². The van der Waals surface area contributed by atoms with Crippen LogP contribution in [0.5, 0.6) is 0 Å². The molecule has 0 fully saturated rings. The number of nitrogens with zero attached hydrogens (tertiary/aromatic N) is 2. The number of anilines is 1. The number of ether oxygens (including phenoxy) is 1. The number of nitrogen functional groups attached to an aromatic ring is 1. The van der Waals surface area contributed by atoms with Crippen molar-refractivity contribution in [3.8, 4) is 5.69 Å². The van der Waals surface area contributed by atoms with Crippen molar-refractivity contribution in [1.82, 2.24) is 9.78 Å². The number of aromatic carboxylic acids is 1. The molecule has 0 saturated heterocycles. The van der Waals surface area contributed by atoms with E-state index in [1.54, 1.807) is 19.1 Å². The summed E-state index contributed by atoms with van der Waals surface area (Å²) in [5.41, 5.74) is 5.14. The molecule has 0 amide bonds. The molecular weight excluding hydrogens is 346 g/mol. The van der Waals surface area contributed by atoms with E-state index in [0.717, 1.165) is 16.0 Å². The van der Waals surface area contributed by atoms with Crippen LogP contribution in [0, 0.1) is 0 Å².